The predicted molar refractivity (Wildman–Crippen MR) is 216 cm³/mol. The molecule has 0 bridgehead atoms. The van der Waals surface area contributed by atoms with Crippen molar-refractivity contribution in [2.75, 3.05) is 31.5 Å². The van der Waals surface area contributed by atoms with Gasteiger partial charge in [-0.25, -0.2) is 4.79 Å². The summed E-state index contributed by atoms with van der Waals surface area (Å²) >= 11 is 9.53. The van der Waals surface area contributed by atoms with E-state index < -0.39 is 11.2 Å². The summed E-state index contributed by atoms with van der Waals surface area (Å²) in [6.07, 6.45) is 2.83. The Balaban J connectivity index is 0.000000223. The number of aromatic nitrogens is 2. The standard InChI is InChI=1S/C22H26N2O4.C17H18N2O2.CH2Cl2.2ClH/c1-15(25)16-9-10-19-22(27-18-8-6-5-7-17(18)24(16)19)11-13-23(14-12-22)20(26)28-21(2,3)4;1-12(20)13-6-7-16-17(8-10-18-11-9-17)21-15-5-3-2-4-14(15)19(13)16;2-1-3;;/h5-10H,11-14H2,1-4H3;2-7,18H,8-11H2,1H3;1H2;2*1H. The number of hydrogen-bond acceptors (Lipinski definition) is 7. The maximum Gasteiger partial charge on any atom is 0.410 e. The molecule has 2 spiro atoms. The molecule has 0 atom stereocenters. The van der Waals surface area contributed by atoms with Crippen molar-refractivity contribution in [3.63, 3.8) is 0 Å². The van der Waals surface area contributed by atoms with Gasteiger partial charge in [0.1, 0.15) is 17.1 Å². The zero-order valence-electron chi connectivity index (χ0n) is 31.2. The summed E-state index contributed by atoms with van der Waals surface area (Å²) in [6, 6.07) is 23.6. The van der Waals surface area contributed by atoms with E-state index >= 15 is 0 Å². The highest BCUT2D eigenvalue weighted by atomic mass is 35.5. The van der Waals surface area contributed by atoms with E-state index in [2.05, 4.69) is 16.0 Å². The van der Waals surface area contributed by atoms with Crippen LogP contribution >= 0.6 is 48.0 Å². The zero-order valence-corrected chi connectivity index (χ0v) is 34.3. The first-order valence-corrected chi connectivity index (χ1v) is 18.7. The second-order valence-electron chi connectivity index (χ2n) is 14.4. The molecule has 292 valence electrons. The summed E-state index contributed by atoms with van der Waals surface area (Å²) in [5, 5.41) is 3.58. The largest absolute Gasteiger partial charge is 0.479 e. The lowest BCUT2D eigenvalue weighted by Gasteiger charge is -2.45. The number of rotatable bonds is 2. The third-order valence-electron chi connectivity index (χ3n) is 9.87. The minimum Gasteiger partial charge on any atom is -0.479 e. The minimum absolute atomic E-state index is 0. The number of para-hydroxylation sites is 4. The summed E-state index contributed by atoms with van der Waals surface area (Å²) < 4.78 is 22.5. The van der Waals surface area contributed by atoms with Gasteiger partial charge in [-0.3, -0.25) is 9.59 Å². The number of ketones is 2. The predicted octanol–water partition coefficient (Wildman–Crippen LogP) is 9.21. The van der Waals surface area contributed by atoms with Gasteiger partial charge in [0.05, 0.1) is 39.5 Å². The molecule has 2 fully saturated rings. The zero-order chi connectivity index (χ0) is 37.3. The van der Waals surface area contributed by atoms with Crippen molar-refractivity contribution in [2.45, 2.75) is 77.1 Å². The molecule has 0 unspecified atom stereocenters. The Morgan fingerprint density at radius 3 is 1.52 bits per heavy atom. The second kappa shape index (κ2) is 17.4. The summed E-state index contributed by atoms with van der Waals surface area (Å²) in [5.74, 6) is 1.73. The van der Waals surface area contributed by atoms with Gasteiger partial charge in [-0.05, 0) is 82.4 Å². The number of ether oxygens (including phenoxy) is 3. The van der Waals surface area contributed by atoms with Crippen molar-refractivity contribution < 1.29 is 28.6 Å². The molecule has 4 aliphatic heterocycles. The first kappa shape index (κ1) is 43.1. The molecule has 0 saturated carbocycles. The molecule has 1 N–H and O–H groups in total. The molecular weight excluding hydrogens is 774 g/mol. The highest BCUT2D eigenvalue weighted by Gasteiger charge is 2.46. The van der Waals surface area contributed by atoms with Crippen LogP contribution in [0.1, 0.15) is 92.7 Å². The highest BCUT2D eigenvalue weighted by molar-refractivity contribution is 6.40. The number of alkyl halides is 2. The first-order chi connectivity index (χ1) is 24.8. The third kappa shape index (κ3) is 8.43. The highest BCUT2D eigenvalue weighted by Crippen LogP contribution is 2.47. The van der Waals surface area contributed by atoms with Gasteiger partial charge in [0.25, 0.3) is 0 Å². The van der Waals surface area contributed by atoms with Gasteiger partial charge in [0, 0.05) is 52.6 Å². The van der Waals surface area contributed by atoms with Gasteiger partial charge >= 0.3 is 6.09 Å². The molecule has 10 nitrogen and oxygen atoms in total. The summed E-state index contributed by atoms with van der Waals surface area (Å²) in [4.78, 5) is 38.4. The second-order valence-corrected chi connectivity index (χ2v) is 15.2. The normalized spacial score (nSPS) is 16.7. The fourth-order valence-corrected chi connectivity index (χ4v) is 7.56. The lowest BCUT2D eigenvalue weighted by molar-refractivity contribution is -0.0269. The Morgan fingerprint density at radius 1 is 0.704 bits per heavy atom. The number of hydrogen-bond donors (Lipinski definition) is 1. The number of carbonyl (C=O) groups is 3. The summed E-state index contributed by atoms with van der Waals surface area (Å²) in [7, 11) is 0. The number of nitrogens with zero attached hydrogens (tertiary/aromatic N) is 3. The Bertz CT molecular complexity index is 1950. The molecule has 4 aromatic rings. The molecule has 0 radical (unpaired) electrons. The van der Waals surface area contributed by atoms with Crippen molar-refractivity contribution in [1.82, 2.24) is 19.4 Å². The van der Waals surface area contributed by atoms with Gasteiger partial charge in [-0.2, -0.15) is 0 Å². The van der Waals surface area contributed by atoms with Gasteiger partial charge in [0.15, 0.2) is 22.8 Å². The average molecular weight is 823 g/mol. The molecule has 0 aliphatic carbocycles. The van der Waals surface area contributed by atoms with E-state index in [4.69, 9.17) is 37.4 Å². The molecule has 54 heavy (non-hydrogen) atoms. The molecule has 4 aliphatic rings. The van der Waals surface area contributed by atoms with E-state index in [9.17, 15) is 14.4 Å². The number of amides is 1. The topological polar surface area (TPSA) is 104 Å². The van der Waals surface area contributed by atoms with Crippen LogP contribution in [0.25, 0.3) is 11.4 Å². The maximum absolute atomic E-state index is 12.4. The smallest absolute Gasteiger partial charge is 0.410 e. The van der Waals surface area contributed by atoms with Crippen LogP contribution < -0.4 is 14.8 Å². The molecule has 2 aromatic carbocycles. The van der Waals surface area contributed by atoms with E-state index in [1.54, 1.807) is 18.7 Å². The van der Waals surface area contributed by atoms with Crippen LogP contribution in [0.4, 0.5) is 4.79 Å². The molecule has 8 rings (SSSR count). The van der Waals surface area contributed by atoms with Crippen LogP contribution in [0.3, 0.4) is 0 Å². The molecule has 2 aromatic heterocycles. The van der Waals surface area contributed by atoms with Crippen molar-refractivity contribution >= 4 is 65.7 Å². The van der Waals surface area contributed by atoms with Crippen LogP contribution in [0.2, 0.25) is 0 Å². The van der Waals surface area contributed by atoms with Crippen LogP contribution in [-0.4, -0.2) is 68.8 Å². The number of halogens is 4. The van der Waals surface area contributed by atoms with Gasteiger partial charge < -0.3 is 33.6 Å². The fraction of sp³-hybridized carbons (Fsp3) is 0.425. The lowest BCUT2D eigenvalue weighted by Crippen LogP contribution is -2.51. The monoisotopic (exact) mass is 820 g/mol. The SMILES string of the molecule is CC(=O)c1ccc2n1-c1ccccc1OC21CCN(C(=O)OC(C)(C)C)CC1.CC(=O)c1ccc2n1-c1ccccc1OC21CCNCC1.Cl.Cl.ClCCl. The Kier molecular flexibility index (Phi) is 13.9. The molecule has 2 saturated heterocycles. The van der Waals surface area contributed by atoms with Crippen LogP contribution in [-0.2, 0) is 15.9 Å². The van der Waals surface area contributed by atoms with E-state index in [1.165, 1.54) is 0 Å². The third-order valence-corrected chi connectivity index (χ3v) is 9.87. The molecule has 6 heterocycles. The molecular formula is C40H48Cl4N4O6. The van der Waals surface area contributed by atoms with Crippen LogP contribution in [0.5, 0.6) is 11.5 Å². The lowest BCUT2D eigenvalue weighted by atomic mass is 9.86. The van der Waals surface area contributed by atoms with E-state index in [-0.39, 0.29) is 53.4 Å². The molecule has 1 amide bonds. The number of Topliss-reactive ketones (excluding diaryl/α,β-unsaturated/α-hetero) is 2. The van der Waals surface area contributed by atoms with Crippen molar-refractivity contribution in [3.05, 3.63) is 95.6 Å². The Morgan fingerprint density at radius 2 is 1.11 bits per heavy atom. The number of fused-ring (bicyclic) bond motifs is 8. The number of likely N-dealkylation sites (tertiary alicyclic amines) is 1. The Hall–Kier alpha value is -3.67. The average Bonchev–Trinajstić information content (AvgIpc) is 3.77. The van der Waals surface area contributed by atoms with Crippen molar-refractivity contribution in [2.24, 2.45) is 0 Å². The quantitative estimate of drug-likeness (QED) is 0.159. The fourth-order valence-electron chi connectivity index (χ4n) is 7.56. The van der Waals surface area contributed by atoms with Crippen molar-refractivity contribution in [1.29, 1.82) is 0 Å². The van der Waals surface area contributed by atoms with Crippen molar-refractivity contribution in [3.8, 4) is 22.9 Å². The van der Waals surface area contributed by atoms with Crippen LogP contribution in [0, 0.1) is 0 Å². The van der Waals surface area contributed by atoms with E-state index in [1.807, 2.05) is 92.1 Å². The number of benzene rings is 2. The van der Waals surface area contributed by atoms with Gasteiger partial charge in [-0.1, -0.05) is 24.3 Å². The van der Waals surface area contributed by atoms with Gasteiger partial charge in [0.2, 0.25) is 0 Å². The number of nitrogens with one attached hydrogen (secondary N) is 1. The summed E-state index contributed by atoms with van der Waals surface area (Å²) in [6.45, 7) is 11.8. The molecule has 14 heteroatoms. The van der Waals surface area contributed by atoms with E-state index in [0.717, 1.165) is 65.9 Å². The number of piperidine rings is 2. The number of carbonyl (C=O) groups excluding carboxylic acids is 3. The minimum atomic E-state index is -0.555. The van der Waals surface area contributed by atoms with E-state index in [0.29, 0.717) is 31.6 Å². The van der Waals surface area contributed by atoms with Crippen LogP contribution in [0.15, 0.2) is 72.8 Å². The summed E-state index contributed by atoms with van der Waals surface area (Å²) in [5.41, 5.74) is 3.93. The van der Waals surface area contributed by atoms with Gasteiger partial charge in [-0.15, -0.1) is 48.0 Å². The Labute approximate surface area is 339 Å². The first-order valence-electron chi connectivity index (χ1n) is 17.7. The maximum atomic E-state index is 12.4.